The summed E-state index contributed by atoms with van der Waals surface area (Å²) in [5, 5.41) is 0. The van der Waals surface area contributed by atoms with Gasteiger partial charge in [-0.05, 0) is 24.3 Å². The Hall–Kier alpha value is -2.41. The Morgan fingerprint density at radius 3 is 2.11 bits per heavy atom. The van der Waals surface area contributed by atoms with Crippen molar-refractivity contribution in [2.45, 2.75) is 6.36 Å². The van der Waals surface area contributed by atoms with E-state index in [-0.39, 0.29) is 11.3 Å². The van der Waals surface area contributed by atoms with E-state index >= 15 is 0 Å². The molecule has 0 amide bonds. The van der Waals surface area contributed by atoms with E-state index in [0.29, 0.717) is 0 Å². The summed E-state index contributed by atoms with van der Waals surface area (Å²) >= 11 is 0. The number of hydrogen-bond donors (Lipinski definition) is 0. The second kappa shape index (κ2) is 5.49. The maximum atomic E-state index is 12.2. The zero-order chi connectivity index (χ0) is 13.7. The smallest absolute Gasteiger partial charge is 0.404 e. The van der Waals surface area contributed by atoms with E-state index in [2.05, 4.69) is 16.6 Å². The first kappa shape index (κ1) is 13.0. The van der Waals surface area contributed by atoms with E-state index in [0.717, 1.165) is 5.56 Å². The van der Waals surface area contributed by atoms with Gasteiger partial charge in [-0.3, -0.25) is 0 Å². The maximum Gasteiger partial charge on any atom is 0.573 e. The fourth-order valence-electron chi connectivity index (χ4n) is 1.44. The van der Waals surface area contributed by atoms with E-state index in [1.54, 1.807) is 18.2 Å². The van der Waals surface area contributed by atoms with E-state index in [1.807, 2.05) is 18.2 Å². The van der Waals surface area contributed by atoms with E-state index in [1.165, 1.54) is 18.2 Å². The topological polar surface area (TPSA) is 9.23 Å². The van der Waals surface area contributed by atoms with Crippen LogP contribution in [-0.2, 0) is 0 Å². The van der Waals surface area contributed by atoms with Crippen LogP contribution in [-0.4, -0.2) is 6.36 Å². The van der Waals surface area contributed by atoms with Crippen LogP contribution in [0, 0.1) is 11.8 Å². The molecule has 4 heteroatoms. The molecule has 19 heavy (non-hydrogen) atoms. The van der Waals surface area contributed by atoms with E-state index in [4.69, 9.17) is 0 Å². The molecule has 0 saturated heterocycles. The van der Waals surface area contributed by atoms with Crippen molar-refractivity contribution >= 4 is 0 Å². The summed E-state index contributed by atoms with van der Waals surface area (Å²) < 4.78 is 40.6. The standard InChI is InChI=1S/C15H9F3O/c16-15(17,18)19-14-9-5-4-8-13(14)11-10-12-6-2-1-3-7-12/h1-9H. The Morgan fingerprint density at radius 1 is 0.789 bits per heavy atom. The summed E-state index contributed by atoms with van der Waals surface area (Å²) in [7, 11) is 0. The van der Waals surface area contributed by atoms with Crippen molar-refractivity contribution in [2.75, 3.05) is 0 Å². The quantitative estimate of drug-likeness (QED) is 0.706. The minimum Gasteiger partial charge on any atom is -0.404 e. The van der Waals surface area contributed by atoms with Gasteiger partial charge in [-0.15, -0.1) is 13.2 Å². The lowest BCUT2D eigenvalue weighted by Gasteiger charge is -2.09. The van der Waals surface area contributed by atoms with Crippen LogP contribution in [0.15, 0.2) is 54.6 Å². The number of benzene rings is 2. The first-order valence-electron chi connectivity index (χ1n) is 5.46. The molecule has 0 atom stereocenters. The summed E-state index contributed by atoms with van der Waals surface area (Å²) in [6.07, 6.45) is -4.72. The van der Waals surface area contributed by atoms with Gasteiger partial charge in [0.25, 0.3) is 0 Å². The lowest BCUT2D eigenvalue weighted by atomic mass is 10.1. The van der Waals surface area contributed by atoms with Crippen molar-refractivity contribution in [3.63, 3.8) is 0 Å². The van der Waals surface area contributed by atoms with Crippen molar-refractivity contribution < 1.29 is 17.9 Å². The minimum atomic E-state index is -4.72. The lowest BCUT2D eigenvalue weighted by molar-refractivity contribution is -0.274. The zero-order valence-corrected chi connectivity index (χ0v) is 9.74. The molecule has 2 aromatic carbocycles. The van der Waals surface area contributed by atoms with Crippen LogP contribution >= 0.6 is 0 Å². The zero-order valence-electron chi connectivity index (χ0n) is 9.74. The molecule has 0 N–H and O–H groups in total. The third-order valence-electron chi connectivity index (χ3n) is 2.23. The van der Waals surface area contributed by atoms with Crippen LogP contribution in [0.4, 0.5) is 13.2 Å². The van der Waals surface area contributed by atoms with Crippen LogP contribution in [0.3, 0.4) is 0 Å². The van der Waals surface area contributed by atoms with Crippen molar-refractivity contribution in [3.05, 3.63) is 65.7 Å². The van der Waals surface area contributed by atoms with Crippen molar-refractivity contribution in [1.29, 1.82) is 0 Å². The van der Waals surface area contributed by atoms with Crippen molar-refractivity contribution in [3.8, 4) is 17.6 Å². The van der Waals surface area contributed by atoms with Gasteiger partial charge in [-0.25, -0.2) is 0 Å². The largest absolute Gasteiger partial charge is 0.573 e. The Kier molecular flexibility index (Phi) is 3.76. The molecule has 0 spiro atoms. The van der Waals surface area contributed by atoms with Gasteiger partial charge in [0, 0.05) is 5.56 Å². The molecule has 0 aliphatic rings. The number of halogens is 3. The van der Waals surface area contributed by atoms with Gasteiger partial charge in [0.2, 0.25) is 0 Å². The molecule has 2 rings (SSSR count). The summed E-state index contributed by atoms with van der Waals surface area (Å²) in [5.41, 5.74) is 0.924. The van der Waals surface area contributed by atoms with E-state index in [9.17, 15) is 13.2 Å². The Bertz CT molecular complexity index is 607. The Balaban J connectivity index is 2.29. The molecule has 0 aromatic heterocycles. The number of ether oxygens (including phenoxy) is 1. The number of alkyl halides is 3. The molecule has 0 fully saturated rings. The van der Waals surface area contributed by atoms with Crippen LogP contribution in [0.25, 0.3) is 0 Å². The predicted octanol–water partition coefficient (Wildman–Crippen LogP) is 3.99. The summed E-state index contributed by atoms with van der Waals surface area (Å²) in [6.45, 7) is 0. The summed E-state index contributed by atoms with van der Waals surface area (Å²) in [5.74, 6) is 5.17. The molecular formula is C15H9F3O. The average Bonchev–Trinajstić information content (AvgIpc) is 2.37. The van der Waals surface area contributed by atoms with Gasteiger partial charge in [0.05, 0.1) is 5.56 Å². The van der Waals surface area contributed by atoms with Gasteiger partial charge in [-0.2, -0.15) is 0 Å². The molecule has 0 radical (unpaired) electrons. The number of para-hydroxylation sites is 1. The fraction of sp³-hybridized carbons (Fsp3) is 0.0667. The average molecular weight is 262 g/mol. The first-order valence-corrected chi connectivity index (χ1v) is 5.46. The third kappa shape index (κ3) is 4.07. The van der Waals surface area contributed by atoms with Crippen LogP contribution in [0.5, 0.6) is 5.75 Å². The molecule has 0 aliphatic heterocycles. The highest BCUT2D eigenvalue weighted by Gasteiger charge is 2.31. The SMILES string of the molecule is FC(F)(F)Oc1ccccc1C#Cc1ccccc1. The number of rotatable bonds is 1. The van der Waals surface area contributed by atoms with Gasteiger partial charge < -0.3 is 4.74 Å². The molecule has 96 valence electrons. The van der Waals surface area contributed by atoms with Crippen molar-refractivity contribution in [2.24, 2.45) is 0 Å². The normalized spacial score (nSPS) is 10.5. The highest BCUT2D eigenvalue weighted by atomic mass is 19.4. The highest BCUT2D eigenvalue weighted by Crippen LogP contribution is 2.25. The predicted molar refractivity (Wildman–Crippen MR) is 65.5 cm³/mol. The Labute approximate surface area is 108 Å². The van der Waals surface area contributed by atoms with Gasteiger partial charge in [-0.1, -0.05) is 42.2 Å². The first-order chi connectivity index (χ1) is 9.04. The van der Waals surface area contributed by atoms with Gasteiger partial charge in [0.15, 0.2) is 0 Å². The second-order valence-electron chi connectivity index (χ2n) is 3.66. The summed E-state index contributed by atoms with van der Waals surface area (Å²) in [6, 6.07) is 14.8. The molecule has 0 heterocycles. The fourth-order valence-corrected chi connectivity index (χ4v) is 1.44. The molecule has 0 bridgehead atoms. The molecule has 0 aliphatic carbocycles. The third-order valence-corrected chi connectivity index (χ3v) is 2.23. The second-order valence-corrected chi connectivity index (χ2v) is 3.66. The molecule has 0 unspecified atom stereocenters. The Morgan fingerprint density at radius 2 is 1.42 bits per heavy atom. The lowest BCUT2D eigenvalue weighted by Crippen LogP contribution is -2.17. The van der Waals surface area contributed by atoms with Gasteiger partial charge in [0.1, 0.15) is 5.75 Å². The van der Waals surface area contributed by atoms with Crippen LogP contribution in [0.2, 0.25) is 0 Å². The molecule has 1 nitrogen and oxygen atoms in total. The van der Waals surface area contributed by atoms with Crippen LogP contribution < -0.4 is 4.74 Å². The number of hydrogen-bond acceptors (Lipinski definition) is 1. The van der Waals surface area contributed by atoms with E-state index < -0.39 is 6.36 Å². The highest BCUT2D eigenvalue weighted by molar-refractivity contribution is 5.49. The van der Waals surface area contributed by atoms with Crippen molar-refractivity contribution in [1.82, 2.24) is 0 Å². The molecule has 0 saturated carbocycles. The summed E-state index contributed by atoms with van der Waals surface area (Å²) in [4.78, 5) is 0. The maximum absolute atomic E-state index is 12.2. The molecule has 2 aromatic rings. The monoisotopic (exact) mass is 262 g/mol. The minimum absolute atomic E-state index is 0.198. The molecular weight excluding hydrogens is 253 g/mol. The van der Waals surface area contributed by atoms with Crippen LogP contribution in [0.1, 0.15) is 11.1 Å². The van der Waals surface area contributed by atoms with Gasteiger partial charge >= 0.3 is 6.36 Å².